The summed E-state index contributed by atoms with van der Waals surface area (Å²) in [5.41, 5.74) is 0.468. The highest BCUT2D eigenvalue weighted by atomic mass is 19.4. The number of aliphatic imine (C=N–C) groups is 1. The summed E-state index contributed by atoms with van der Waals surface area (Å²) < 4.78 is 38.8. The number of aryl methyl sites for hydroxylation is 1. The minimum Gasteiger partial charge on any atom is -0.266 e. The Morgan fingerprint density at radius 3 is 2.42 bits per heavy atom. The maximum atomic E-state index is 12.5. The number of hydrogen-bond donors (Lipinski definition) is 0. The molecule has 2 aromatic rings. The van der Waals surface area contributed by atoms with E-state index in [0.29, 0.717) is 11.3 Å². The van der Waals surface area contributed by atoms with Crippen LogP contribution in [0.1, 0.15) is 5.56 Å². The lowest BCUT2D eigenvalue weighted by molar-refractivity contribution is -0.137. The number of rotatable bonds is 2. The second-order valence-corrected chi connectivity index (χ2v) is 3.78. The lowest BCUT2D eigenvalue weighted by Gasteiger charge is -2.08. The summed E-state index contributed by atoms with van der Waals surface area (Å²) in [4.78, 5) is 13.7. The third-order valence-corrected chi connectivity index (χ3v) is 2.57. The van der Waals surface area contributed by atoms with Gasteiger partial charge in [0, 0.05) is 12.6 Å². The zero-order valence-corrected chi connectivity index (χ0v) is 9.77. The van der Waals surface area contributed by atoms with Gasteiger partial charge in [-0.3, -0.25) is 4.68 Å². The van der Waals surface area contributed by atoms with Gasteiger partial charge in [-0.25, -0.2) is 4.79 Å². The highest BCUT2D eigenvalue weighted by Crippen LogP contribution is 2.33. The molecule has 0 aliphatic rings. The Hall–Kier alpha value is -2.40. The maximum absolute atomic E-state index is 12.5. The van der Waals surface area contributed by atoms with E-state index in [-0.39, 0.29) is 5.69 Å². The topological polar surface area (TPSA) is 47.2 Å². The van der Waals surface area contributed by atoms with Crippen LogP contribution in [0.2, 0.25) is 0 Å². The van der Waals surface area contributed by atoms with E-state index in [9.17, 15) is 18.0 Å². The van der Waals surface area contributed by atoms with Crippen molar-refractivity contribution in [1.29, 1.82) is 0 Å². The van der Waals surface area contributed by atoms with Gasteiger partial charge in [-0.05, 0) is 12.1 Å². The van der Waals surface area contributed by atoms with Crippen molar-refractivity contribution in [2.45, 2.75) is 6.18 Å². The van der Waals surface area contributed by atoms with E-state index in [1.54, 1.807) is 7.05 Å². The fraction of sp³-hybridized carbons (Fsp3) is 0.167. The van der Waals surface area contributed by atoms with E-state index in [0.717, 1.165) is 12.1 Å². The Labute approximate surface area is 106 Å². The summed E-state index contributed by atoms with van der Waals surface area (Å²) in [6.45, 7) is 0. The minimum absolute atomic E-state index is 0.261. The molecule has 0 fully saturated rings. The number of aromatic nitrogens is 2. The molecule has 0 saturated carbocycles. The van der Waals surface area contributed by atoms with Gasteiger partial charge in [0.25, 0.3) is 0 Å². The summed E-state index contributed by atoms with van der Waals surface area (Å²) in [5.74, 6) is 0. The first-order valence-corrected chi connectivity index (χ1v) is 5.21. The van der Waals surface area contributed by atoms with E-state index in [1.165, 1.54) is 29.1 Å². The maximum Gasteiger partial charge on any atom is 0.416 e. The molecule has 0 unspecified atom stereocenters. The normalized spacial score (nSPS) is 11.2. The molecule has 2 rings (SSSR count). The Morgan fingerprint density at radius 2 is 1.89 bits per heavy atom. The van der Waals surface area contributed by atoms with Crippen LogP contribution in [0, 0.1) is 0 Å². The van der Waals surface area contributed by atoms with Gasteiger partial charge in [-0.1, -0.05) is 12.1 Å². The zero-order chi connectivity index (χ0) is 14.0. The van der Waals surface area contributed by atoms with Gasteiger partial charge in [0.2, 0.25) is 6.08 Å². The third-order valence-electron chi connectivity index (χ3n) is 2.57. The molecule has 0 spiro atoms. The van der Waals surface area contributed by atoms with Gasteiger partial charge in [0.15, 0.2) is 0 Å². The van der Waals surface area contributed by atoms with Gasteiger partial charge in [-0.2, -0.15) is 23.3 Å². The molecular formula is C12H8F3N3O. The molecule has 1 heterocycles. The Kier molecular flexibility index (Phi) is 3.23. The van der Waals surface area contributed by atoms with Gasteiger partial charge in [-0.15, -0.1) is 0 Å². The van der Waals surface area contributed by atoms with Crippen LogP contribution >= 0.6 is 0 Å². The van der Waals surface area contributed by atoms with Gasteiger partial charge < -0.3 is 0 Å². The molecule has 0 atom stereocenters. The quantitative estimate of drug-likeness (QED) is 0.620. The smallest absolute Gasteiger partial charge is 0.266 e. The third kappa shape index (κ3) is 2.56. The Morgan fingerprint density at radius 1 is 1.26 bits per heavy atom. The van der Waals surface area contributed by atoms with Crippen LogP contribution < -0.4 is 0 Å². The average Bonchev–Trinajstić information content (AvgIpc) is 2.70. The largest absolute Gasteiger partial charge is 0.416 e. The van der Waals surface area contributed by atoms with Crippen LogP contribution in [0.3, 0.4) is 0 Å². The van der Waals surface area contributed by atoms with Gasteiger partial charge in [0.1, 0.15) is 5.69 Å². The molecule has 1 aromatic carbocycles. The number of carbonyl (C=O) groups excluding carboxylic acids is 1. The van der Waals surface area contributed by atoms with Gasteiger partial charge in [0.05, 0.1) is 17.5 Å². The number of halogens is 3. The van der Waals surface area contributed by atoms with Gasteiger partial charge >= 0.3 is 6.18 Å². The monoisotopic (exact) mass is 267 g/mol. The molecule has 0 N–H and O–H groups in total. The van der Waals surface area contributed by atoms with E-state index < -0.39 is 11.7 Å². The summed E-state index contributed by atoms with van der Waals surface area (Å²) in [7, 11) is 1.61. The van der Waals surface area contributed by atoms with E-state index >= 15 is 0 Å². The molecule has 0 amide bonds. The molecule has 7 heteroatoms. The highest BCUT2D eigenvalue weighted by molar-refractivity contribution is 5.73. The summed E-state index contributed by atoms with van der Waals surface area (Å²) >= 11 is 0. The molecule has 0 aliphatic carbocycles. The molecule has 0 saturated heterocycles. The first kappa shape index (κ1) is 13.0. The zero-order valence-electron chi connectivity index (χ0n) is 9.77. The molecule has 0 aliphatic heterocycles. The lowest BCUT2D eigenvalue weighted by Crippen LogP contribution is -2.04. The standard InChI is InChI=1S/C12H8F3N3O/c1-18-11(10(6-17-18)16-7-19)8-2-4-9(5-3-8)12(13,14)15/h2-6H,1H3. The van der Waals surface area contributed by atoms with Crippen LogP contribution in [-0.2, 0) is 18.0 Å². The second kappa shape index (κ2) is 4.70. The van der Waals surface area contributed by atoms with Crippen LogP contribution in [-0.4, -0.2) is 15.9 Å². The van der Waals surface area contributed by atoms with Crippen molar-refractivity contribution in [3.8, 4) is 11.3 Å². The van der Waals surface area contributed by atoms with Crippen molar-refractivity contribution < 1.29 is 18.0 Å². The molecule has 4 nitrogen and oxygen atoms in total. The summed E-state index contributed by atoms with van der Waals surface area (Å²) in [6, 6.07) is 4.56. The lowest BCUT2D eigenvalue weighted by atomic mass is 10.1. The van der Waals surface area contributed by atoms with E-state index in [4.69, 9.17) is 0 Å². The van der Waals surface area contributed by atoms with Crippen LogP contribution in [0.15, 0.2) is 35.5 Å². The molecule has 0 radical (unpaired) electrons. The molecule has 19 heavy (non-hydrogen) atoms. The van der Waals surface area contributed by atoms with Crippen LogP contribution in [0.5, 0.6) is 0 Å². The van der Waals surface area contributed by atoms with Crippen molar-refractivity contribution in [2.24, 2.45) is 12.0 Å². The number of benzene rings is 1. The van der Waals surface area contributed by atoms with Crippen molar-refractivity contribution in [1.82, 2.24) is 9.78 Å². The molecule has 1 aromatic heterocycles. The number of hydrogen-bond acceptors (Lipinski definition) is 3. The van der Waals surface area contributed by atoms with Crippen molar-refractivity contribution in [3.05, 3.63) is 36.0 Å². The first-order valence-electron chi connectivity index (χ1n) is 5.21. The first-order chi connectivity index (χ1) is 8.93. The Balaban J connectivity index is 2.48. The molecular weight excluding hydrogens is 259 g/mol. The summed E-state index contributed by atoms with van der Waals surface area (Å²) in [6.07, 6.45) is -1.65. The molecule has 0 bridgehead atoms. The fourth-order valence-corrected chi connectivity index (χ4v) is 1.71. The van der Waals surface area contributed by atoms with Crippen LogP contribution in [0.4, 0.5) is 18.9 Å². The Bertz CT molecular complexity index is 637. The average molecular weight is 267 g/mol. The van der Waals surface area contributed by atoms with Crippen molar-refractivity contribution >= 4 is 11.8 Å². The number of alkyl halides is 3. The number of nitrogens with zero attached hydrogens (tertiary/aromatic N) is 3. The van der Waals surface area contributed by atoms with E-state index in [2.05, 4.69) is 10.1 Å². The fourth-order valence-electron chi connectivity index (χ4n) is 1.71. The highest BCUT2D eigenvalue weighted by Gasteiger charge is 2.30. The number of isocyanates is 1. The second-order valence-electron chi connectivity index (χ2n) is 3.78. The van der Waals surface area contributed by atoms with Crippen LogP contribution in [0.25, 0.3) is 11.3 Å². The molecule has 98 valence electrons. The predicted molar refractivity (Wildman–Crippen MR) is 61.4 cm³/mol. The predicted octanol–water partition coefficient (Wildman–Crippen LogP) is 3.07. The SMILES string of the molecule is Cn1ncc(N=C=O)c1-c1ccc(C(F)(F)F)cc1. The van der Waals surface area contributed by atoms with Crippen molar-refractivity contribution in [2.75, 3.05) is 0 Å². The summed E-state index contributed by atoms with van der Waals surface area (Å²) in [5, 5.41) is 3.90. The minimum atomic E-state index is -4.38. The van der Waals surface area contributed by atoms with Crippen molar-refractivity contribution in [3.63, 3.8) is 0 Å². The van der Waals surface area contributed by atoms with E-state index in [1.807, 2.05) is 0 Å².